The van der Waals surface area contributed by atoms with Crippen LogP contribution >= 0.6 is 12.4 Å². The highest BCUT2D eigenvalue weighted by Gasteiger charge is 2.35. The Kier molecular flexibility index (Phi) is 3.79. The van der Waals surface area contributed by atoms with E-state index in [9.17, 15) is 10.2 Å². The zero-order valence-corrected chi connectivity index (χ0v) is 13.3. The number of phenolic OH excluding ortho intramolecular Hbond substituents is 2. The summed E-state index contributed by atoms with van der Waals surface area (Å²) in [5.41, 5.74) is 6.28. The molecule has 1 aliphatic carbocycles. The lowest BCUT2D eigenvalue weighted by Crippen LogP contribution is -2.42. The van der Waals surface area contributed by atoms with Crippen molar-refractivity contribution in [3.63, 3.8) is 0 Å². The molecular weight excluding hydrogens is 298 g/mol. The lowest BCUT2D eigenvalue weighted by molar-refractivity contribution is 0.380. The molecule has 0 amide bonds. The number of nitrogens with one attached hydrogen (secondary N) is 1. The molecule has 0 radical (unpaired) electrons. The van der Waals surface area contributed by atoms with Crippen LogP contribution in [-0.4, -0.2) is 16.3 Å². The Labute approximate surface area is 136 Å². The minimum atomic E-state index is -0.0198. The van der Waals surface area contributed by atoms with E-state index in [1.807, 2.05) is 0 Å². The monoisotopic (exact) mass is 317 g/mol. The van der Waals surface area contributed by atoms with E-state index in [2.05, 4.69) is 30.4 Å². The summed E-state index contributed by atoms with van der Waals surface area (Å²) in [7, 11) is 0. The first-order valence-electron chi connectivity index (χ1n) is 7.51. The predicted octanol–water partition coefficient (Wildman–Crippen LogP) is 3.38. The van der Waals surface area contributed by atoms with E-state index in [-0.39, 0.29) is 29.8 Å². The maximum Gasteiger partial charge on any atom is 0.157 e. The van der Waals surface area contributed by atoms with Crippen molar-refractivity contribution in [1.29, 1.82) is 0 Å². The molecule has 3 N–H and O–H groups in total. The molecule has 22 heavy (non-hydrogen) atoms. The molecule has 0 aromatic heterocycles. The molecule has 0 unspecified atom stereocenters. The molecule has 3 nitrogen and oxygen atoms in total. The van der Waals surface area contributed by atoms with Gasteiger partial charge in [-0.15, -0.1) is 12.4 Å². The van der Waals surface area contributed by atoms with Crippen LogP contribution in [0.15, 0.2) is 30.3 Å². The predicted molar refractivity (Wildman–Crippen MR) is 89.0 cm³/mol. The van der Waals surface area contributed by atoms with Crippen molar-refractivity contribution in [3.05, 3.63) is 58.1 Å². The molecule has 2 aromatic carbocycles. The van der Waals surface area contributed by atoms with Gasteiger partial charge in [0.05, 0.1) is 0 Å². The smallest absolute Gasteiger partial charge is 0.157 e. The number of hydrogen-bond donors (Lipinski definition) is 3. The molecule has 1 heterocycles. The van der Waals surface area contributed by atoms with Gasteiger partial charge in [-0.05, 0) is 54.2 Å². The number of aryl methyl sites for hydroxylation is 2. The van der Waals surface area contributed by atoms with Gasteiger partial charge in [-0.1, -0.05) is 23.8 Å². The number of fused-ring (bicyclic) bond motifs is 5. The van der Waals surface area contributed by atoms with Gasteiger partial charge in [0.2, 0.25) is 0 Å². The fraction of sp³-hybridized carbons (Fsp3) is 0.333. The number of aromatic hydroxyl groups is 2. The van der Waals surface area contributed by atoms with Crippen LogP contribution in [0.3, 0.4) is 0 Å². The Bertz CT molecular complexity index is 729. The van der Waals surface area contributed by atoms with Gasteiger partial charge in [0, 0.05) is 18.5 Å². The molecule has 0 bridgehead atoms. The fourth-order valence-corrected chi connectivity index (χ4v) is 3.87. The van der Waals surface area contributed by atoms with Gasteiger partial charge in [0.15, 0.2) is 11.5 Å². The van der Waals surface area contributed by atoms with E-state index >= 15 is 0 Å². The second-order valence-electron chi connectivity index (χ2n) is 6.25. The third-order valence-electron chi connectivity index (χ3n) is 4.89. The molecule has 1 aliphatic heterocycles. The van der Waals surface area contributed by atoms with Gasteiger partial charge < -0.3 is 15.5 Å². The van der Waals surface area contributed by atoms with Crippen LogP contribution in [0.25, 0.3) is 0 Å². The Morgan fingerprint density at radius 3 is 2.59 bits per heavy atom. The topological polar surface area (TPSA) is 52.5 Å². The van der Waals surface area contributed by atoms with E-state index in [0.717, 1.165) is 30.5 Å². The van der Waals surface area contributed by atoms with Gasteiger partial charge in [0.1, 0.15) is 0 Å². The van der Waals surface area contributed by atoms with E-state index in [4.69, 9.17) is 0 Å². The van der Waals surface area contributed by atoms with Crippen molar-refractivity contribution in [3.8, 4) is 11.5 Å². The summed E-state index contributed by atoms with van der Waals surface area (Å²) in [4.78, 5) is 0. The van der Waals surface area contributed by atoms with Crippen LogP contribution in [0, 0.1) is 6.92 Å². The van der Waals surface area contributed by atoms with Crippen molar-refractivity contribution < 1.29 is 10.2 Å². The standard InChI is InChI=1S/C18H19NO2.ClH/c1-10-2-4-13-12(6-10)9-19-15-5-3-11-7-16(20)17(21)8-14(11)18(13)15;/h2,4,6-8,15,18-21H,3,5,9H2,1H3;1H/t15-,18-;/m1./s1. The maximum atomic E-state index is 9.89. The second kappa shape index (κ2) is 5.49. The van der Waals surface area contributed by atoms with E-state index in [0.29, 0.717) is 6.04 Å². The van der Waals surface area contributed by atoms with Crippen LogP contribution in [0.5, 0.6) is 11.5 Å². The minimum absolute atomic E-state index is 0. The SMILES string of the molecule is Cc1ccc2c(c1)CN[C@@H]1CCc3cc(O)c(O)cc3[C@@H]21.Cl. The number of hydrogen-bond acceptors (Lipinski definition) is 3. The number of benzene rings is 2. The molecule has 0 spiro atoms. The summed E-state index contributed by atoms with van der Waals surface area (Å²) in [5, 5.41) is 23.3. The largest absolute Gasteiger partial charge is 0.504 e. The van der Waals surface area contributed by atoms with E-state index in [1.54, 1.807) is 12.1 Å². The molecule has 2 aliphatic rings. The van der Waals surface area contributed by atoms with Gasteiger partial charge in [-0.2, -0.15) is 0 Å². The van der Waals surface area contributed by atoms with Crippen LogP contribution in [0.1, 0.15) is 40.2 Å². The summed E-state index contributed by atoms with van der Waals surface area (Å²) in [6, 6.07) is 10.5. The molecule has 2 aromatic rings. The Balaban J connectivity index is 0.00000144. The summed E-state index contributed by atoms with van der Waals surface area (Å²) in [6.07, 6.45) is 2.01. The van der Waals surface area contributed by atoms with Crippen LogP contribution in [0.2, 0.25) is 0 Å². The van der Waals surface area contributed by atoms with Gasteiger partial charge in [-0.3, -0.25) is 0 Å². The quantitative estimate of drug-likeness (QED) is 0.653. The average Bonchev–Trinajstić information content (AvgIpc) is 2.47. The van der Waals surface area contributed by atoms with Gasteiger partial charge in [0.25, 0.3) is 0 Å². The third-order valence-corrected chi connectivity index (χ3v) is 4.89. The van der Waals surface area contributed by atoms with Gasteiger partial charge in [-0.25, -0.2) is 0 Å². The van der Waals surface area contributed by atoms with Crippen molar-refractivity contribution >= 4 is 12.4 Å². The first kappa shape index (κ1) is 15.2. The summed E-state index contributed by atoms with van der Waals surface area (Å²) >= 11 is 0. The molecular formula is C18H20ClNO2. The molecule has 0 fully saturated rings. The number of halogens is 1. The molecule has 4 rings (SSSR count). The zero-order chi connectivity index (χ0) is 14.6. The number of rotatable bonds is 0. The molecule has 2 atom stereocenters. The summed E-state index contributed by atoms with van der Waals surface area (Å²) in [5.74, 6) is 0.235. The van der Waals surface area contributed by atoms with Crippen LogP contribution in [-0.2, 0) is 13.0 Å². The van der Waals surface area contributed by atoms with Crippen LogP contribution < -0.4 is 5.32 Å². The molecule has 4 heteroatoms. The minimum Gasteiger partial charge on any atom is -0.504 e. The van der Waals surface area contributed by atoms with Crippen molar-refractivity contribution in [2.75, 3.05) is 0 Å². The first-order valence-corrected chi connectivity index (χ1v) is 7.51. The van der Waals surface area contributed by atoms with E-state index in [1.165, 1.54) is 16.7 Å². The summed E-state index contributed by atoms with van der Waals surface area (Å²) < 4.78 is 0. The van der Waals surface area contributed by atoms with E-state index < -0.39 is 0 Å². The Morgan fingerprint density at radius 2 is 1.77 bits per heavy atom. The fourth-order valence-electron chi connectivity index (χ4n) is 3.87. The third kappa shape index (κ3) is 2.25. The highest BCUT2D eigenvalue weighted by Crippen LogP contribution is 2.44. The lowest BCUT2D eigenvalue weighted by Gasteiger charge is -2.39. The average molecular weight is 318 g/mol. The lowest BCUT2D eigenvalue weighted by atomic mass is 9.72. The zero-order valence-electron chi connectivity index (χ0n) is 12.5. The summed E-state index contributed by atoms with van der Waals surface area (Å²) in [6.45, 7) is 3.03. The molecule has 116 valence electrons. The Morgan fingerprint density at radius 1 is 1.00 bits per heavy atom. The second-order valence-corrected chi connectivity index (χ2v) is 6.25. The Hall–Kier alpha value is -1.71. The molecule has 0 saturated heterocycles. The highest BCUT2D eigenvalue weighted by atomic mass is 35.5. The highest BCUT2D eigenvalue weighted by molar-refractivity contribution is 5.85. The molecule has 0 saturated carbocycles. The normalized spacial score (nSPS) is 22.0. The van der Waals surface area contributed by atoms with Crippen molar-refractivity contribution in [1.82, 2.24) is 5.32 Å². The number of phenols is 2. The van der Waals surface area contributed by atoms with Crippen molar-refractivity contribution in [2.24, 2.45) is 0 Å². The first-order chi connectivity index (χ1) is 10.1. The van der Waals surface area contributed by atoms with Crippen molar-refractivity contribution in [2.45, 2.75) is 38.3 Å². The van der Waals surface area contributed by atoms with Crippen LogP contribution in [0.4, 0.5) is 0 Å². The maximum absolute atomic E-state index is 9.89. The van der Waals surface area contributed by atoms with Gasteiger partial charge >= 0.3 is 0 Å².